The first-order chi connectivity index (χ1) is 11.5. The van der Waals surface area contributed by atoms with Crippen molar-refractivity contribution in [2.45, 2.75) is 18.9 Å². The van der Waals surface area contributed by atoms with Crippen LogP contribution in [0.1, 0.15) is 34.0 Å². The summed E-state index contributed by atoms with van der Waals surface area (Å²) in [4.78, 5) is 23.5. The van der Waals surface area contributed by atoms with Crippen molar-refractivity contribution in [3.8, 4) is 0 Å². The van der Waals surface area contributed by atoms with Crippen LogP contribution in [0.2, 0.25) is 5.02 Å². The molecule has 5 nitrogen and oxygen atoms in total. The summed E-state index contributed by atoms with van der Waals surface area (Å²) >= 11 is 5.72. The van der Waals surface area contributed by atoms with Crippen LogP contribution in [0.25, 0.3) is 0 Å². The lowest BCUT2D eigenvalue weighted by molar-refractivity contribution is 0.102. The van der Waals surface area contributed by atoms with E-state index < -0.39 is 18.0 Å². The van der Waals surface area contributed by atoms with Crippen LogP contribution < -0.4 is 11.1 Å². The third kappa shape index (κ3) is 3.19. The molecule has 0 radical (unpaired) electrons. The molecule has 1 aliphatic rings. The molecule has 0 aliphatic heterocycles. The molecule has 0 saturated carbocycles. The van der Waals surface area contributed by atoms with Crippen molar-refractivity contribution < 1.29 is 18.7 Å². The highest BCUT2D eigenvalue weighted by Crippen LogP contribution is 2.36. The number of benzene rings is 2. The molecular formula is C17H14ClFN2O3. The van der Waals surface area contributed by atoms with Gasteiger partial charge in [-0.2, -0.15) is 0 Å². The van der Waals surface area contributed by atoms with Gasteiger partial charge in [-0.25, -0.2) is 9.18 Å². The van der Waals surface area contributed by atoms with Crippen molar-refractivity contribution in [1.29, 1.82) is 0 Å². The molecule has 0 spiro atoms. The van der Waals surface area contributed by atoms with Gasteiger partial charge in [0.05, 0.1) is 5.02 Å². The molecule has 2 amide bonds. The lowest BCUT2D eigenvalue weighted by Gasteiger charge is -2.13. The second kappa shape index (κ2) is 6.49. The number of rotatable bonds is 3. The number of anilines is 1. The summed E-state index contributed by atoms with van der Waals surface area (Å²) in [5, 5.41) is 2.62. The van der Waals surface area contributed by atoms with E-state index in [-0.39, 0.29) is 10.9 Å². The van der Waals surface area contributed by atoms with Gasteiger partial charge < -0.3 is 15.8 Å². The number of halogens is 2. The number of fused-ring (bicyclic) bond motifs is 1. The summed E-state index contributed by atoms with van der Waals surface area (Å²) in [5.74, 6) is -0.893. The molecule has 0 saturated heterocycles. The zero-order valence-electron chi connectivity index (χ0n) is 12.5. The van der Waals surface area contributed by atoms with E-state index in [1.54, 1.807) is 12.1 Å². The molecule has 1 atom stereocenters. The number of ether oxygens (including phenoxy) is 1. The average Bonchev–Trinajstić information content (AvgIpc) is 2.93. The number of hydrogen-bond acceptors (Lipinski definition) is 3. The van der Waals surface area contributed by atoms with Crippen LogP contribution in [0.5, 0.6) is 0 Å². The van der Waals surface area contributed by atoms with Crippen molar-refractivity contribution in [1.82, 2.24) is 0 Å². The Labute approximate surface area is 142 Å². The lowest BCUT2D eigenvalue weighted by Crippen LogP contribution is -2.16. The highest BCUT2D eigenvalue weighted by molar-refractivity contribution is 6.31. The van der Waals surface area contributed by atoms with E-state index in [2.05, 4.69) is 5.32 Å². The van der Waals surface area contributed by atoms with Crippen LogP contribution in [0.4, 0.5) is 14.9 Å². The average molecular weight is 349 g/mol. The molecule has 3 N–H and O–H groups in total. The summed E-state index contributed by atoms with van der Waals surface area (Å²) in [6.45, 7) is 0. The van der Waals surface area contributed by atoms with Gasteiger partial charge in [-0.3, -0.25) is 4.79 Å². The first-order valence-electron chi connectivity index (χ1n) is 7.30. The Morgan fingerprint density at radius 3 is 2.79 bits per heavy atom. The van der Waals surface area contributed by atoms with Crippen LogP contribution in [0.15, 0.2) is 36.4 Å². The van der Waals surface area contributed by atoms with Gasteiger partial charge >= 0.3 is 6.09 Å². The Hall–Kier alpha value is -2.60. The summed E-state index contributed by atoms with van der Waals surface area (Å²) < 4.78 is 18.3. The summed E-state index contributed by atoms with van der Waals surface area (Å²) in [7, 11) is 0. The number of nitrogens with two attached hydrogens (primary N) is 1. The maximum absolute atomic E-state index is 13.2. The fourth-order valence-corrected chi connectivity index (χ4v) is 3.04. The van der Waals surface area contributed by atoms with Gasteiger partial charge in [0.15, 0.2) is 0 Å². The van der Waals surface area contributed by atoms with Crippen molar-refractivity contribution in [3.05, 3.63) is 63.9 Å². The standard InChI is InChI=1S/C17H14ClFN2O3/c18-13-8-9(4-6-14(13)19)21-16(22)12-3-1-2-11-10(12)5-7-15(11)24-17(20)23/h1-4,6,8,15H,5,7H2,(H2,20,23)(H,21,22). The minimum atomic E-state index is -0.844. The molecular weight excluding hydrogens is 335 g/mol. The lowest BCUT2D eigenvalue weighted by atomic mass is 10.0. The second-order valence-electron chi connectivity index (χ2n) is 5.42. The molecule has 124 valence electrons. The Morgan fingerprint density at radius 2 is 2.08 bits per heavy atom. The second-order valence-corrected chi connectivity index (χ2v) is 5.83. The highest BCUT2D eigenvalue weighted by atomic mass is 35.5. The van der Waals surface area contributed by atoms with E-state index in [4.69, 9.17) is 22.1 Å². The summed E-state index contributed by atoms with van der Waals surface area (Å²) in [6.07, 6.45) is -0.111. The van der Waals surface area contributed by atoms with Crippen LogP contribution >= 0.6 is 11.6 Å². The molecule has 1 aliphatic carbocycles. The molecule has 24 heavy (non-hydrogen) atoms. The highest BCUT2D eigenvalue weighted by Gasteiger charge is 2.28. The van der Waals surface area contributed by atoms with Crippen molar-refractivity contribution in [3.63, 3.8) is 0 Å². The maximum Gasteiger partial charge on any atom is 0.405 e. The quantitative estimate of drug-likeness (QED) is 0.884. The predicted molar refractivity (Wildman–Crippen MR) is 87.5 cm³/mol. The summed E-state index contributed by atoms with van der Waals surface area (Å²) in [6, 6.07) is 9.17. The van der Waals surface area contributed by atoms with Gasteiger partial charge in [0.25, 0.3) is 5.91 Å². The van der Waals surface area contributed by atoms with E-state index in [9.17, 15) is 14.0 Å². The zero-order valence-corrected chi connectivity index (χ0v) is 13.3. The molecule has 0 heterocycles. The number of amides is 2. The summed E-state index contributed by atoms with van der Waals surface area (Å²) in [5.41, 5.74) is 7.53. The van der Waals surface area contributed by atoms with E-state index in [1.165, 1.54) is 18.2 Å². The van der Waals surface area contributed by atoms with E-state index in [0.29, 0.717) is 24.1 Å². The van der Waals surface area contributed by atoms with Gasteiger partial charge in [-0.15, -0.1) is 0 Å². The first-order valence-corrected chi connectivity index (χ1v) is 7.68. The molecule has 0 aromatic heterocycles. The molecule has 2 aromatic carbocycles. The zero-order chi connectivity index (χ0) is 17.3. The van der Waals surface area contributed by atoms with Crippen LogP contribution in [-0.4, -0.2) is 12.0 Å². The number of hydrogen-bond donors (Lipinski definition) is 2. The topological polar surface area (TPSA) is 81.4 Å². The van der Waals surface area contributed by atoms with Crippen molar-refractivity contribution in [2.75, 3.05) is 5.32 Å². The number of nitrogens with one attached hydrogen (secondary N) is 1. The Morgan fingerprint density at radius 1 is 1.29 bits per heavy atom. The Bertz CT molecular complexity index is 825. The molecule has 0 bridgehead atoms. The van der Waals surface area contributed by atoms with Crippen LogP contribution in [0, 0.1) is 5.82 Å². The van der Waals surface area contributed by atoms with Crippen molar-refractivity contribution >= 4 is 29.3 Å². The van der Waals surface area contributed by atoms with Crippen molar-refractivity contribution in [2.24, 2.45) is 5.73 Å². The predicted octanol–water partition coefficient (Wildman–Crippen LogP) is 3.81. The number of carbonyl (C=O) groups excluding carboxylic acids is 2. The third-order valence-corrected chi connectivity index (χ3v) is 4.19. The Balaban J connectivity index is 1.85. The van der Waals surface area contributed by atoms with E-state index >= 15 is 0 Å². The fourth-order valence-electron chi connectivity index (χ4n) is 2.86. The van der Waals surface area contributed by atoms with Gasteiger partial charge in [0.1, 0.15) is 11.9 Å². The minimum Gasteiger partial charge on any atom is -0.441 e. The molecule has 7 heteroatoms. The molecule has 0 fully saturated rings. The van der Waals surface area contributed by atoms with Gasteiger partial charge in [0.2, 0.25) is 0 Å². The largest absolute Gasteiger partial charge is 0.441 e. The Kier molecular flexibility index (Phi) is 4.40. The maximum atomic E-state index is 13.2. The van der Waals surface area contributed by atoms with E-state index in [0.717, 1.165) is 11.1 Å². The number of primary amides is 1. The smallest absolute Gasteiger partial charge is 0.405 e. The van der Waals surface area contributed by atoms with Gasteiger partial charge in [-0.05, 0) is 48.2 Å². The fraction of sp³-hybridized carbons (Fsp3) is 0.176. The van der Waals surface area contributed by atoms with Crippen LogP contribution in [-0.2, 0) is 11.2 Å². The van der Waals surface area contributed by atoms with Gasteiger partial charge in [-0.1, -0.05) is 23.7 Å². The molecule has 2 aromatic rings. The number of carbonyl (C=O) groups is 2. The minimum absolute atomic E-state index is 0.0685. The van der Waals surface area contributed by atoms with Gasteiger partial charge in [0, 0.05) is 11.3 Å². The molecule has 1 unspecified atom stereocenters. The molecule has 3 rings (SSSR count). The SMILES string of the molecule is NC(=O)OC1CCc2c(C(=O)Nc3ccc(F)c(Cl)c3)cccc21. The monoisotopic (exact) mass is 348 g/mol. The van der Waals surface area contributed by atoms with E-state index in [1.807, 2.05) is 6.07 Å². The first kappa shape index (κ1) is 16.3. The van der Waals surface area contributed by atoms with Crippen LogP contribution in [0.3, 0.4) is 0 Å². The normalized spacial score (nSPS) is 15.7. The third-order valence-electron chi connectivity index (χ3n) is 3.90.